The summed E-state index contributed by atoms with van der Waals surface area (Å²) in [6, 6.07) is 6.20. The zero-order valence-electron chi connectivity index (χ0n) is 11.1. The van der Waals surface area contributed by atoms with E-state index in [4.69, 9.17) is 0 Å². The van der Waals surface area contributed by atoms with E-state index in [0.717, 1.165) is 41.1 Å². The second kappa shape index (κ2) is 4.59. The van der Waals surface area contributed by atoms with Gasteiger partial charge in [0, 0.05) is 36.4 Å². The first-order valence-corrected chi connectivity index (χ1v) is 6.91. The monoisotopic (exact) mass is 265 g/mol. The molecule has 0 saturated carbocycles. The van der Waals surface area contributed by atoms with Crippen LogP contribution in [0, 0.1) is 0 Å². The molecule has 0 bridgehead atoms. The standard InChI is InChI=1S/C15H15N5/c1-2-6-20(5-1)15-16-8-13(9-17-15)11-3-4-14-12(7-11)10-18-19-14/h3-4,7-10H,1-2,5-6H2,(H,18,19). The molecule has 1 N–H and O–H groups in total. The maximum Gasteiger partial charge on any atom is 0.225 e. The van der Waals surface area contributed by atoms with Crippen LogP contribution in [0.25, 0.3) is 22.0 Å². The molecule has 20 heavy (non-hydrogen) atoms. The highest BCUT2D eigenvalue weighted by Crippen LogP contribution is 2.23. The molecule has 1 aliphatic rings. The number of aromatic amines is 1. The number of anilines is 1. The van der Waals surface area contributed by atoms with Crippen LogP contribution >= 0.6 is 0 Å². The number of aromatic nitrogens is 4. The number of nitrogens with one attached hydrogen (secondary N) is 1. The van der Waals surface area contributed by atoms with Crippen LogP contribution < -0.4 is 4.90 Å². The number of fused-ring (bicyclic) bond motifs is 1. The third-order valence-electron chi connectivity index (χ3n) is 3.80. The van der Waals surface area contributed by atoms with Crippen molar-refractivity contribution in [2.75, 3.05) is 18.0 Å². The number of hydrogen-bond donors (Lipinski definition) is 1. The van der Waals surface area contributed by atoms with Crippen molar-refractivity contribution in [3.63, 3.8) is 0 Å². The number of nitrogens with zero attached hydrogens (tertiary/aromatic N) is 4. The molecule has 0 unspecified atom stereocenters. The van der Waals surface area contributed by atoms with Gasteiger partial charge < -0.3 is 4.90 Å². The van der Waals surface area contributed by atoms with E-state index in [1.54, 1.807) is 0 Å². The van der Waals surface area contributed by atoms with Gasteiger partial charge in [-0.3, -0.25) is 5.10 Å². The van der Waals surface area contributed by atoms with Crippen LogP contribution in [-0.2, 0) is 0 Å². The summed E-state index contributed by atoms with van der Waals surface area (Å²) in [4.78, 5) is 11.2. The lowest BCUT2D eigenvalue weighted by atomic mass is 10.1. The van der Waals surface area contributed by atoms with Gasteiger partial charge in [0.05, 0.1) is 11.7 Å². The molecule has 1 fully saturated rings. The summed E-state index contributed by atoms with van der Waals surface area (Å²) in [6.45, 7) is 2.14. The van der Waals surface area contributed by atoms with Gasteiger partial charge in [-0.05, 0) is 30.5 Å². The molecule has 5 nitrogen and oxygen atoms in total. The summed E-state index contributed by atoms with van der Waals surface area (Å²) >= 11 is 0. The molecule has 5 heteroatoms. The lowest BCUT2D eigenvalue weighted by Crippen LogP contribution is -2.20. The van der Waals surface area contributed by atoms with Crippen LogP contribution in [0.4, 0.5) is 5.95 Å². The minimum Gasteiger partial charge on any atom is -0.341 e. The Morgan fingerprint density at radius 2 is 1.75 bits per heavy atom. The largest absolute Gasteiger partial charge is 0.341 e. The Kier molecular flexibility index (Phi) is 2.62. The van der Waals surface area contributed by atoms with Crippen molar-refractivity contribution in [2.24, 2.45) is 0 Å². The molecule has 0 amide bonds. The average molecular weight is 265 g/mol. The fourth-order valence-corrected chi connectivity index (χ4v) is 2.67. The molecule has 100 valence electrons. The molecule has 1 aromatic carbocycles. The summed E-state index contributed by atoms with van der Waals surface area (Å²) in [7, 11) is 0. The number of rotatable bonds is 2. The summed E-state index contributed by atoms with van der Waals surface area (Å²) in [5.41, 5.74) is 3.20. The third kappa shape index (κ3) is 1.91. The normalized spacial score (nSPS) is 15.1. The molecule has 2 aromatic heterocycles. The number of hydrogen-bond acceptors (Lipinski definition) is 4. The average Bonchev–Trinajstić information content (AvgIpc) is 3.18. The lowest BCUT2D eigenvalue weighted by molar-refractivity contribution is 0.899. The van der Waals surface area contributed by atoms with Crippen molar-refractivity contribution in [1.29, 1.82) is 0 Å². The van der Waals surface area contributed by atoms with E-state index in [9.17, 15) is 0 Å². The van der Waals surface area contributed by atoms with Gasteiger partial charge in [-0.15, -0.1) is 0 Å². The minimum absolute atomic E-state index is 0.843. The van der Waals surface area contributed by atoms with Gasteiger partial charge >= 0.3 is 0 Å². The van der Waals surface area contributed by atoms with Gasteiger partial charge in [0.25, 0.3) is 0 Å². The quantitative estimate of drug-likeness (QED) is 0.774. The molecule has 0 spiro atoms. The Balaban J connectivity index is 1.67. The van der Waals surface area contributed by atoms with Gasteiger partial charge in [0.2, 0.25) is 5.95 Å². The predicted octanol–water partition coefficient (Wildman–Crippen LogP) is 2.62. The fraction of sp³-hybridized carbons (Fsp3) is 0.267. The molecule has 0 aliphatic carbocycles. The zero-order chi connectivity index (χ0) is 13.4. The summed E-state index contributed by atoms with van der Waals surface area (Å²) in [5.74, 6) is 0.843. The molecular formula is C15H15N5. The van der Waals surface area contributed by atoms with Gasteiger partial charge in [0.1, 0.15) is 0 Å². The molecular weight excluding hydrogens is 250 g/mol. The molecule has 0 radical (unpaired) electrons. The summed E-state index contributed by atoms with van der Waals surface area (Å²) < 4.78 is 0. The second-order valence-electron chi connectivity index (χ2n) is 5.14. The second-order valence-corrected chi connectivity index (χ2v) is 5.14. The van der Waals surface area contributed by atoms with E-state index in [2.05, 4.69) is 37.2 Å². The first-order valence-electron chi connectivity index (χ1n) is 6.91. The molecule has 4 rings (SSSR count). The Bertz CT molecular complexity index is 725. The smallest absolute Gasteiger partial charge is 0.225 e. The molecule has 3 aromatic rings. The molecule has 0 atom stereocenters. The van der Waals surface area contributed by atoms with Crippen molar-refractivity contribution in [1.82, 2.24) is 20.2 Å². The number of H-pyrrole nitrogens is 1. The van der Waals surface area contributed by atoms with Crippen LogP contribution in [0.2, 0.25) is 0 Å². The van der Waals surface area contributed by atoms with E-state index in [1.807, 2.05) is 24.7 Å². The summed E-state index contributed by atoms with van der Waals surface area (Å²) in [5, 5.41) is 8.10. The molecule has 1 aliphatic heterocycles. The van der Waals surface area contributed by atoms with Crippen LogP contribution in [0.1, 0.15) is 12.8 Å². The van der Waals surface area contributed by atoms with E-state index >= 15 is 0 Å². The van der Waals surface area contributed by atoms with Crippen molar-refractivity contribution < 1.29 is 0 Å². The van der Waals surface area contributed by atoms with E-state index in [-0.39, 0.29) is 0 Å². The van der Waals surface area contributed by atoms with E-state index in [0.29, 0.717) is 0 Å². The maximum atomic E-state index is 4.50. The van der Waals surface area contributed by atoms with Crippen LogP contribution in [0.3, 0.4) is 0 Å². The SMILES string of the molecule is c1cc2[nH]ncc2cc1-c1cnc(N2CCCC2)nc1. The maximum absolute atomic E-state index is 4.50. The third-order valence-corrected chi connectivity index (χ3v) is 3.80. The fourth-order valence-electron chi connectivity index (χ4n) is 2.67. The Hall–Kier alpha value is -2.43. The summed E-state index contributed by atoms with van der Waals surface area (Å²) in [6.07, 6.45) is 8.12. The topological polar surface area (TPSA) is 57.7 Å². The molecule has 3 heterocycles. The highest BCUT2D eigenvalue weighted by Gasteiger charge is 2.14. The predicted molar refractivity (Wildman–Crippen MR) is 78.6 cm³/mol. The lowest BCUT2D eigenvalue weighted by Gasteiger charge is -2.14. The molecule has 1 saturated heterocycles. The minimum atomic E-state index is 0.843. The highest BCUT2D eigenvalue weighted by molar-refractivity contribution is 5.83. The first-order chi connectivity index (χ1) is 9.90. The highest BCUT2D eigenvalue weighted by atomic mass is 15.3. The zero-order valence-corrected chi connectivity index (χ0v) is 11.1. The van der Waals surface area contributed by atoms with Crippen LogP contribution in [0.15, 0.2) is 36.8 Å². The van der Waals surface area contributed by atoms with Crippen molar-refractivity contribution in [2.45, 2.75) is 12.8 Å². The van der Waals surface area contributed by atoms with E-state index < -0.39 is 0 Å². The van der Waals surface area contributed by atoms with Crippen LogP contribution in [0.5, 0.6) is 0 Å². The van der Waals surface area contributed by atoms with Gasteiger partial charge in [0.15, 0.2) is 0 Å². The van der Waals surface area contributed by atoms with Crippen molar-refractivity contribution >= 4 is 16.9 Å². The van der Waals surface area contributed by atoms with Crippen molar-refractivity contribution in [3.05, 3.63) is 36.8 Å². The Morgan fingerprint density at radius 1 is 0.950 bits per heavy atom. The van der Waals surface area contributed by atoms with E-state index in [1.165, 1.54) is 12.8 Å². The van der Waals surface area contributed by atoms with Crippen molar-refractivity contribution in [3.8, 4) is 11.1 Å². The Labute approximate surface area is 116 Å². The first kappa shape index (κ1) is 11.4. The van der Waals surface area contributed by atoms with Gasteiger partial charge in [-0.25, -0.2) is 9.97 Å². The van der Waals surface area contributed by atoms with Crippen LogP contribution in [-0.4, -0.2) is 33.3 Å². The van der Waals surface area contributed by atoms with Gasteiger partial charge in [-0.1, -0.05) is 6.07 Å². The van der Waals surface area contributed by atoms with Gasteiger partial charge in [-0.2, -0.15) is 5.10 Å². The Morgan fingerprint density at radius 3 is 2.55 bits per heavy atom. The number of benzene rings is 1.